The van der Waals surface area contributed by atoms with E-state index in [2.05, 4.69) is 10.2 Å². The molecule has 18 heavy (non-hydrogen) atoms. The molecule has 0 fully saturated rings. The van der Waals surface area contributed by atoms with Crippen molar-refractivity contribution in [2.75, 3.05) is 6.61 Å². The van der Waals surface area contributed by atoms with Crippen LogP contribution >= 0.6 is 0 Å². The average molecular weight is 245 g/mol. The Hall–Kier alpha value is -2.14. The Morgan fingerprint density at radius 3 is 2.61 bits per heavy atom. The van der Waals surface area contributed by atoms with Crippen LogP contribution in [0.15, 0.2) is 36.4 Å². The highest BCUT2D eigenvalue weighted by Gasteiger charge is 2.01. The van der Waals surface area contributed by atoms with Crippen molar-refractivity contribution in [3.63, 3.8) is 0 Å². The van der Waals surface area contributed by atoms with E-state index >= 15 is 0 Å². The Morgan fingerprint density at radius 2 is 1.94 bits per heavy atom. The van der Waals surface area contributed by atoms with Gasteiger partial charge in [-0.2, -0.15) is 5.10 Å². The molecule has 2 aromatic rings. The quantitative estimate of drug-likeness (QED) is 0.873. The Morgan fingerprint density at radius 1 is 1.11 bits per heavy atom. The van der Waals surface area contributed by atoms with Gasteiger partial charge < -0.3 is 15.2 Å². The van der Waals surface area contributed by atoms with Crippen LogP contribution in [0, 0.1) is 0 Å². The molecule has 0 saturated carbocycles. The van der Waals surface area contributed by atoms with E-state index in [9.17, 15) is 0 Å². The first-order valence-corrected chi connectivity index (χ1v) is 5.75. The van der Waals surface area contributed by atoms with Crippen LogP contribution in [0.2, 0.25) is 0 Å². The molecule has 0 aliphatic heterocycles. The second-order valence-electron chi connectivity index (χ2n) is 3.58. The fourth-order valence-electron chi connectivity index (χ4n) is 1.43. The molecular weight excluding hydrogens is 230 g/mol. The first-order valence-electron chi connectivity index (χ1n) is 5.75. The highest BCUT2D eigenvalue weighted by atomic mass is 16.5. The third-order valence-corrected chi connectivity index (χ3v) is 2.24. The molecule has 5 nitrogen and oxygen atoms in total. The molecular formula is C13H15N3O2. The zero-order valence-corrected chi connectivity index (χ0v) is 10.2. The van der Waals surface area contributed by atoms with Crippen LogP contribution in [0.25, 0.3) is 0 Å². The third kappa shape index (κ3) is 3.18. The SMILES string of the molecule is CCOc1cccc(Oc2ccc(CN)nn2)c1. The van der Waals surface area contributed by atoms with E-state index in [1.165, 1.54) is 0 Å². The minimum atomic E-state index is 0.368. The fraction of sp³-hybridized carbons (Fsp3) is 0.231. The standard InChI is InChI=1S/C13H15N3O2/c1-2-17-11-4-3-5-12(8-11)18-13-7-6-10(9-14)15-16-13/h3-8H,2,9,14H2,1H3. The van der Waals surface area contributed by atoms with E-state index in [-0.39, 0.29) is 0 Å². The second kappa shape index (κ2) is 5.97. The molecule has 0 atom stereocenters. The number of hydrogen-bond donors (Lipinski definition) is 1. The van der Waals surface area contributed by atoms with Crippen LogP contribution in [0.3, 0.4) is 0 Å². The predicted octanol–water partition coefficient (Wildman–Crippen LogP) is 2.13. The van der Waals surface area contributed by atoms with Gasteiger partial charge in [-0.05, 0) is 25.1 Å². The summed E-state index contributed by atoms with van der Waals surface area (Å²) in [6, 6.07) is 10.9. The van der Waals surface area contributed by atoms with Crippen molar-refractivity contribution in [2.45, 2.75) is 13.5 Å². The minimum Gasteiger partial charge on any atom is -0.494 e. The maximum absolute atomic E-state index is 5.57. The summed E-state index contributed by atoms with van der Waals surface area (Å²) in [7, 11) is 0. The summed E-state index contributed by atoms with van der Waals surface area (Å²) in [4.78, 5) is 0. The summed E-state index contributed by atoms with van der Waals surface area (Å²) in [5.41, 5.74) is 6.17. The van der Waals surface area contributed by atoms with Crippen LogP contribution in [0.4, 0.5) is 0 Å². The van der Waals surface area contributed by atoms with Crippen molar-refractivity contribution in [2.24, 2.45) is 5.73 Å². The Kier molecular flexibility index (Phi) is 4.09. The van der Waals surface area contributed by atoms with Crippen molar-refractivity contribution < 1.29 is 9.47 Å². The van der Waals surface area contributed by atoms with Crippen LogP contribution in [-0.2, 0) is 6.54 Å². The van der Waals surface area contributed by atoms with Gasteiger partial charge in [0.25, 0.3) is 0 Å². The minimum absolute atomic E-state index is 0.368. The topological polar surface area (TPSA) is 70.3 Å². The molecule has 2 N–H and O–H groups in total. The molecule has 1 aromatic heterocycles. The summed E-state index contributed by atoms with van der Waals surface area (Å²) in [5, 5.41) is 7.85. The molecule has 5 heteroatoms. The molecule has 0 bridgehead atoms. The maximum Gasteiger partial charge on any atom is 0.238 e. The second-order valence-corrected chi connectivity index (χ2v) is 3.58. The summed E-state index contributed by atoms with van der Waals surface area (Å²) >= 11 is 0. The summed E-state index contributed by atoms with van der Waals surface area (Å²) in [6.45, 7) is 2.92. The van der Waals surface area contributed by atoms with Crippen molar-refractivity contribution in [3.8, 4) is 17.4 Å². The lowest BCUT2D eigenvalue weighted by molar-refractivity contribution is 0.337. The van der Waals surface area contributed by atoms with Gasteiger partial charge in [-0.3, -0.25) is 0 Å². The largest absolute Gasteiger partial charge is 0.494 e. The van der Waals surface area contributed by atoms with Gasteiger partial charge in [-0.15, -0.1) is 5.10 Å². The Balaban J connectivity index is 2.09. The fourth-order valence-corrected chi connectivity index (χ4v) is 1.43. The maximum atomic E-state index is 5.57. The molecule has 0 radical (unpaired) electrons. The van der Waals surface area contributed by atoms with E-state index in [4.69, 9.17) is 15.2 Å². The number of ether oxygens (including phenoxy) is 2. The molecule has 0 amide bonds. The van der Waals surface area contributed by atoms with E-state index in [1.54, 1.807) is 12.1 Å². The normalized spacial score (nSPS) is 10.1. The highest BCUT2D eigenvalue weighted by Crippen LogP contribution is 2.23. The highest BCUT2D eigenvalue weighted by molar-refractivity contribution is 5.35. The monoisotopic (exact) mass is 245 g/mol. The van der Waals surface area contributed by atoms with Gasteiger partial charge in [0.15, 0.2) is 0 Å². The predicted molar refractivity (Wildman–Crippen MR) is 67.6 cm³/mol. The Labute approximate surface area is 106 Å². The average Bonchev–Trinajstić information content (AvgIpc) is 2.40. The summed E-state index contributed by atoms with van der Waals surface area (Å²) in [5.74, 6) is 1.86. The molecule has 1 aromatic carbocycles. The van der Waals surface area contributed by atoms with Gasteiger partial charge in [0.1, 0.15) is 11.5 Å². The number of benzene rings is 1. The van der Waals surface area contributed by atoms with Crippen LogP contribution in [-0.4, -0.2) is 16.8 Å². The lowest BCUT2D eigenvalue weighted by atomic mass is 10.3. The molecule has 0 aliphatic rings. The van der Waals surface area contributed by atoms with Gasteiger partial charge in [0.2, 0.25) is 5.88 Å². The number of aromatic nitrogens is 2. The van der Waals surface area contributed by atoms with E-state index in [1.807, 2.05) is 31.2 Å². The van der Waals surface area contributed by atoms with Crippen LogP contribution in [0.5, 0.6) is 17.4 Å². The molecule has 0 aliphatic carbocycles. The number of nitrogens with two attached hydrogens (primary N) is 1. The number of rotatable bonds is 5. The molecule has 1 heterocycles. The van der Waals surface area contributed by atoms with E-state index in [0.717, 1.165) is 11.4 Å². The van der Waals surface area contributed by atoms with Crippen molar-refractivity contribution in [1.29, 1.82) is 0 Å². The molecule has 2 rings (SSSR count). The van der Waals surface area contributed by atoms with Crippen LogP contribution in [0.1, 0.15) is 12.6 Å². The first kappa shape index (κ1) is 12.3. The van der Waals surface area contributed by atoms with Crippen LogP contribution < -0.4 is 15.2 Å². The zero-order chi connectivity index (χ0) is 12.8. The molecule has 0 saturated heterocycles. The van der Waals surface area contributed by atoms with Crippen molar-refractivity contribution >= 4 is 0 Å². The first-order chi connectivity index (χ1) is 8.81. The van der Waals surface area contributed by atoms with Crippen molar-refractivity contribution in [3.05, 3.63) is 42.1 Å². The molecule has 94 valence electrons. The van der Waals surface area contributed by atoms with Gasteiger partial charge in [0.05, 0.1) is 12.3 Å². The zero-order valence-electron chi connectivity index (χ0n) is 10.2. The third-order valence-electron chi connectivity index (χ3n) is 2.24. The van der Waals surface area contributed by atoms with E-state index in [0.29, 0.717) is 24.8 Å². The van der Waals surface area contributed by atoms with Crippen molar-refractivity contribution in [1.82, 2.24) is 10.2 Å². The lowest BCUT2D eigenvalue weighted by Crippen LogP contribution is -2.01. The molecule has 0 unspecified atom stereocenters. The number of nitrogens with zero attached hydrogens (tertiary/aromatic N) is 2. The number of hydrogen-bond acceptors (Lipinski definition) is 5. The molecule has 0 spiro atoms. The van der Waals surface area contributed by atoms with Gasteiger partial charge in [-0.25, -0.2) is 0 Å². The summed E-state index contributed by atoms with van der Waals surface area (Å²) < 4.78 is 11.0. The van der Waals surface area contributed by atoms with E-state index < -0.39 is 0 Å². The Bertz CT molecular complexity index is 500. The van der Waals surface area contributed by atoms with Gasteiger partial charge in [-0.1, -0.05) is 6.07 Å². The lowest BCUT2D eigenvalue weighted by Gasteiger charge is -2.07. The summed E-state index contributed by atoms with van der Waals surface area (Å²) in [6.07, 6.45) is 0. The van der Waals surface area contributed by atoms with Gasteiger partial charge in [0, 0.05) is 18.7 Å². The van der Waals surface area contributed by atoms with Gasteiger partial charge >= 0.3 is 0 Å². The smallest absolute Gasteiger partial charge is 0.238 e.